The summed E-state index contributed by atoms with van der Waals surface area (Å²) < 4.78 is 13.7. The highest BCUT2D eigenvalue weighted by atomic mass is 19.1. The van der Waals surface area contributed by atoms with Crippen molar-refractivity contribution in [2.75, 3.05) is 38.1 Å². The fourth-order valence-corrected chi connectivity index (χ4v) is 2.72. The average molecular weight is 309 g/mol. The Bertz CT molecular complexity index is 512. The number of hydrogen-bond donors (Lipinski definition) is 2. The predicted octanol–water partition coefficient (Wildman–Crippen LogP) is 2.05. The molecule has 1 fully saturated rings. The Balaban J connectivity index is 1.91. The number of nitrogens with zero attached hydrogens (tertiary/aromatic N) is 2. The van der Waals surface area contributed by atoms with Crippen molar-refractivity contribution in [1.82, 2.24) is 9.80 Å². The first-order valence-electron chi connectivity index (χ1n) is 7.72. The lowest BCUT2D eigenvalue weighted by atomic mass is 10.1. The zero-order valence-corrected chi connectivity index (χ0v) is 13.2. The number of halogens is 1. The Morgan fingerprint density at radius 2 is 2.05 bits per heavy atom. The van der Waals surface area contributed by atoms with Gasteiger partial charge in [0.25, 0.3) is 0 Å². The van der Waals surface area contributed by atoms with E-state index in [0.717, 1.165) is 25.1 Å². The molecule has 5 nitrogen and oxygen atoms in total. The molecule has 1 unspecified atom stereocenters. The molecule has 6 heteroatoms. The molecular weight excluding hydrogens is 285 g/mol. The summed E-state index contributed by atoms with van der Waals surface area (Å²) in [5.74, 6) is -0.427. The van der Waals surface area contributed by atoms with Crippen LogP contribution in [-0.4, -0.2) is 59.8 Å². The lowest BCUT2D eigenvalue weighted by Crippen LogP contribution is -2.53. The molecule has 2 rings (SSSR count). The molecule has 1 aliphatic rings. The molecule has 1 aromatic carbocycles. The van der Waals surface area contributed by atoms with Crippen LogP contribution in [0.3, 0.4) is 0 Å². The van der Waals surface area contributed by atoms with Gasteiger partial charge >= 0.3 is 6.03 Å². The van der Waals surface area contributed by atoms with Gasteiger partial charge in [0.1, 0.15) is 5.82 Å². The molecule has 1 aromatic rings. The largest absolute Gasteiger partial charge is 0.395 e. The number of hydrogen-bond acceptors (Lipinski definition) is 3. The zero-order chi connectivity index (χ0) is 16.1. The molecule has 0 spiro atoms. The minimum Gasteiger partial charge on any atom is -0.395 e. The highest BCUT2D eigenvalue weighted by molar-refractivity contribution is 5.89. The van der Waals surface area contributed by atoms with Crippen LogP contribution in [0, 0.1) is 12.7 Å². The van der Waals surface area contributed by atoms with Crippen molar-refractivity contribution in [3.05, 3.63) is 29.6 Å². The second-order valence-electron chi connectivity index (χ2n) is 5.68. The number of rotatable bonds is 4. The van der Waals surface area contributed by atoms with Crippen molar-refractivity contribution in [3.8, 4) is 0 Å². The summed E-state index contributed by atoms with van der Waals surface area (Å²) >= 11 is 0. The molecule has 2 amide bonds. The van der Waals surface area contributed by atoms with Gasteiger partial charge in [-0.2, -0.15) is 0 Å². The third kappa shape index (κ3) is 3.96. The number of carbonyl (C=O) groups excluding carboxylic acids is 1. The molecule has 22 heavy (non-hydrogen) atoms. The standard InChI is InChI=1S/C16H24FN3O2/c1-3-13(11-21)19-6-8-20(9-7-19)16(22)18-15-10-12(2)4-5-14(15)17/h4-5,10,13,21H,3,6-9,11H2,1-2H3,(H,18,22). The van der Waals surface area contributed by atoms with Crippen LogP contribution in [0.1, 0.15) is 18.9 Å². The smallest absolute Gasteiger partial charge is 0.322 e. The van der Waals surface area contributed by atoms with Gasteiger partial charge < -0.3 is 15.3 Å². The van der Waals surface area contributed by atoms with Crippen LogP contribution in [0.2, 0.25) is 0 Å². The van der Waals surface area contributed by atoms with Crippen molar-refractivity contribution in [1.29, 1.82) is 0 Å². The second-order valence-corrected chi connectivity index (χ2v) is 5.68. The summed E-state index contributed by atoms with van der Waals surface area (Å²) in [6, 6.07) is 4.53. The van der Waals surface area contributed by atoms with Gasteiger partial charge in [-0.1, -0.05) is 13.0 Å². The highest BCUT2D eigenvalue weighted by Gasteiger charge is 2.25. The Kier molecular flexibility index (Phi) is 5.74. The number of urea groups is 1. The van der Waals surface area contributed by atoms with E-state index in [-0.39, 0.29) is 24.4 Å². The van der Waals surface area contributed by atoms with E-state index >= 15 is 0 Å². The van der Waals surface area contributed by atoms with E-state index in [0.29, 0.717) is 13.1 Å². The van der Waals surface area contributed by atoms with E-state index < -0.39 is 5.82 Å². The zero-order valence-electron chi connectivity index (χ0n) is 13.2. The number of aryl methyl sites for hydroxylation is 1. The molecule has 0 aromatic heterocycles. The fraction of sp³-hybridized carbons (Fsp3) is 0.562. The van der Waals surface area contributed by atoms with E-state index in [4.69, 9.17) is 0 Å². The molecule has 1 atom stereocenters. The van der Waals surface area contributed by atoms with Gasteiger partial charge in [-0.25, -0.2) is 9.18 Å². The summed E-state index contributed by atoms with van der Waals surface area (Å²) in [7, 11) is 0. The Morgan fingerprint density at radius 1 is 1.36 bits per heavy atom. The van der Waals surface area contributed by atoms with Gasteiger partial charge in [0, 0.05) is 32.2 Å². The number of piperazine rings is 1. The van der Waals surface area contributed by atoms with Crippen molar-refractivity contribution in [3.63, 3.8) is 0 Å². The minimum atomic E-state index is -0.427. The van der Waals surface area contributed by atoms with Crippen LogP contribution >= 0.6 is 0 Å². The van der Waals surface area contributed by atoms with Crippen molar-refractivity contribution in [2.45, 2.75) is 26.3 Å². The number of anilines is 1. The third-order valence-electron chi connectivity index (χ3n) is 4.16. The molecule has 0 bridgehead atoms. The number of amides is 2. The number of aliphatic hydroxyl groups is 1. The molecule has 1 saturated heterocycles. The van der Waals surface area contributed by atoms with Crippen LogP contribution < -0.4 is 5.32 Å². The van der Waals surface area contributed by atoms with Crippen LogP contribution in [0.5, 0.6) is 0 Å². The van der Waals surface area contributed by atoms with Crippen molar-refractivity contribution in [2.24, 2.45) is 0 Å². The first-order valence-corrected chi connectivity index (χ1v) is 7.72. The van der Waals surface area contributed by atoms with E-state index in [2.05, 4.69) is 10.2 Å². The quantitative estimate of drug-likeness (QED) is 0.895. The topological polar surface area (TPSA) is 55.8 Å². The van der Waals surface area contributed by atoms with Gasteiger partial charge in [0.15, 0.2) is 0 Å². The molecule has 1 heterocycles. The average Bonchev–Trinajstić information content (AvgIpc) is 2.53. The van der Waals surface area contributed by atoms with E-state index in [1.807, 2.05) is 13.8 Å². The molecule has 122 valence electrons. The second kappa shape index (κ2) is 7.56. The SMILES string of the molecule is CCC(CO)N1CCN(C(=O)Nc2cc(C)ccc2F)CC1. The number of carbonyl (C=O) groups is 1. The predicted molar refractivity (Wildman–Crippen MR) is 84.5 cm³/mol. The van der Waals surface area contributed by atoms with Gasteiger partial charge in [-0.15, -0.1) is 0 Å². The summed E-state index contributed by atoms with van der Waals surface area (Å²) in [5.41, 5.74) is 1.12. The lowest BCUT2D eigenvalue weighted by molar-refractivity contribution is 0.0766. The first-order chi connectivity index (χ1) is 10.5. The molecule has 0 saturated carbocycles. The maximum Gasteiger partial charge on any atom is 0.322 e. The van der Waals surface area contributed by atoms with Crippen LogP contribution in [0.4, 0.5) is 14.9 Å². The summed E-state index contributed by atoms with van der Waals surface area (Å²) in [4.78, 5) is 16.1. The molecule has 1 aliphatic heterocycles. The minimum absolute atomic E-state index is 0.136. The van der Waals surface area contributed by atoms with Gasteiger partial charge in [-0.05, 0) is 31.0 Å². The normalized spacial score (nSPS) is 17.4. The van der Waals surface area contributed by atoms with Gasteiger partial charge in [0.2, 0.25) is 0 Å². The first kappa shape index (κ1) is 16.7. The Labute approximate surface area is 130 Å². The van der Waals surface area contributed by atoms with Gasteiger partial charge in [0.05, 0.1) is 12.3 Å². The summed E-state index contributed by atoms with van der Waals surface area (Å²) in [6.45, 7) is 6.64. The maximum atomic E-state index is 13.7. The van der Waals surface area contributed by atoms with Crippen LogP contribution in [0.15, 0.2) is 18.2 Å². The van der Waals surface area contributed by atoms with Crippen molar-refractivity contribution < 1.29 is 14.3 Å². The van der Waals surface area contributed by atoms with Gasteiger partial charge in [-0.3, -0.25) is 4.90 Å². The lowest BCUT2D eigenvalue weighted by Gasteiger charge is -2.38. The summed E-state index contributed by atoms with van der Waals surface area (Å²) in [5, 5.41) is 12.0. The van der Waals surface area contributed by atoms with Crippen molar-refractivity contribution >= 4 is 11.7 Å². The maximum absolute atomic E-state index is 13.7. The van der Waals surface area contributed by atoms with E-state index in [9.17, 15) is 14.3 Å². The van der Waals surface area contributed by atoms with E-state index in [1.54, 1.807) is 17.0 Å². The number of benzene rings is 1. The molecule has 0 aliphatic carbocycles. The number of aliphatic hydroxyl groups excluding tert-OH is 1. The Hall–Kier alpha value is -1.66. The van der Waals surface area contributed by atoms with E-state index in [1.165, 1.54) is 6.07 Å². The highest BCUT2D eigenvalue weighted by Crippen LogP contribution is 2.17. The molecule has 0 radical (unpaired) electrons. The Morgan fingerprint density at radius 3 is 2.64 bits per heavy atom. The molecule has 2 N–H and O–H groups in total. The van der Waals surface area contributed by atoms with Crippen LogP contribution in [-0.2, 0) is 0 Å². The van der Waals surface area contributed by atoms with Crippen LogP contribution in [0.25, 0.3) is 0 Å². The fourth-order valence-electron chi connectivity index (χ4n) is 2.72. The molecular formula is C16H24FN3O2. The third-order valence-corrected chi connectivity index (χ3v) is 4.16. The number of nitrogens with one attached hydrogen (secondary N) is 1. The monoisotopic (exact) mass is 309 g/mol. The summed E-state index contributed by atoms with van der Waals surface area (Å²) in [6.07, 6.45) is 0.886.